The first kappa shape index (κ1) is 13.3. The van der Waals surface area contributed by atoms with Crippen LogP contribution in [-0.2, 0) is 0 Å². The minimum absolute atomic E-state index is 0.165. The maximum absolute atomic E-state index is 10.6. The van der Waals surface area contributed by atoms with Gasteiger partial charge in [0.2, 0.25) is 6.79 Å². The maximum atomic E-state index is 10.6. The second kappa shape index (κ2) is 5.00. The summed E-state index contributed by atoms with van der Waals surface area (Å²) >= 11 is 6.16. The number of aryl methyl sites for hydroxylation is 2. The van der Waals surface area contributed by atoms with Gasteiger partial charge in [0.1, 0.15) is 6.10 Å². The molecule has 2 aromatic rings. The zero-order valence-electron chi connectivity index (χ0n) is 11.3. The molecule has 0 radical (unpaired) electrons. The summed E-state index contributed by atoms with van der Waals surface area (Å²) in [5.74, 6) is 1.13. The average Bonchev–Trinajstić information content (AvgIpc) is 2.89. The fourth-order valence-corrected chi connectivity index (χ4v) is 2.65. The molecule has 1 aliphatic rings. The van der Waals surface area contributed by atoms with Crippen molar-refractivity contribution >= 4 is 11.6 Å². The summed E-state index contributed by atoms with van der Waals surface area (Å²) in [6.45, 7) is 4.15. The van der Waals surface area contributed by atoms with Crippen LogP contribution >= 0.6 is 11.6 Å². The van der Waals surface area contributed by atoms with Crippen LogP contribution in [0.3, 0.4) is 0 Å². The summed E-state index contributed by atoms with van der Waals surface area (Å²) in [5.41, 5.74) is 3.72. The Morgan fingerprint density at radius 3 is 2.75 bits per heavy atom. The summed E-state index contributed by atoms with van der Waals surface area (Å²) in [6.07, 6.45) is -0.734. The van der Waals surface area contributed by atoms with Crippen LogP contribution in [0, 0.1) is 13.8 Å². The molecule has 0 aliphatic carbocycles. The van der Waals surface area contributed by atoms with Gasteiger partial charge in [-0.2, -0.15) is 0 Å². The van der Waals surface area contributed by atoms with Crippen molar-refractivity contribution < 1.29 is 14.6 Å². The fourth-order valence-electron chi connectivity index (χ4n) is 2.38. The topological polar surface area (TPSA) is 38.7 Å². The molecule has 3 rings (SSSR count). The van der Waals surface area contributed by atoms with Crippen LogP contribution < -0.4 is 9.47 Å². The van der Waals surface area contributed by atoms with Crippen LogP contribution in [0.2, 0.25) is 5.02 Å². The third-order valence-corrected chi connectivity index (χ3v) is 3.78. The molecule has 1 N–H and O–H groups in total. The first-order valence-electron chi connectivity index (χ1n) is 6.40. The summed E-state index contributed by atoms with van der Waals surface area (Å²) in [4.78, 5) is 0. The van der Waals surface area contributed by atoms with Gasteiger partial charge >= 0.3 is 0 Å². The zero-order chi connectivity index (χ0) is 14.3. The summed E-state index contributed by atoms with van der Waals surface area (Å²) in [5, 5.41) is 11.1. The molecule has 1 heterocycles. The molecule has 3 nitrogen and oxygen atoms in total. The van der Waals surface area contributed by atoms with Gasteiger partial charge in [-0.15, -0.1) is 0 Å². The highest BCUT2D eigenvalue weighted by molar-refractivity contribution is 6.32. The van der Waals surface area contributed by atoms with Crippen molar-refractivity contribution in [3.63, 3.8) is 0 Å². The lowest BCUT2D eigenvalue weighted by atomic mass is 9.95. The molecule has 104 valence electrons. The molecule has 20 heavy (non-hydrogen) atoms. The number of hydrogen-bond donors (Lipinski definition) is 1. The summed E-state index contributed by atoms with van der Waals surface area (Å²) < 4.78 is 10.6. The van der Waals surface area contributed by atoms with Crippen LogP contribution in [-0.4, -0.2) is 11.9 Å². The molecule has 0 amide bonds. The predicted octanol–water partition coefficient (Wildman–Crippen LogP) is 3.77. The molecule has 1 atom stereocenters. The van der Waals surface area contributed by atoms with Gasteiger partial charge in [0.15, 0.2) is 11.5 Å². The van der Waals surface area contributed by atoms with E-state index in [9.17, 15) is 5.11 Å². The lowest BCUT2D eigenvalue weighted by Crippen LogP contribution is -2.02. The quantitative estimate of drug-likeness (QED) is 0.915. The molecule has 2 aromatic carbocycles. The van der Waals surface area contributed by atoms with E-state index in [0.717, 1.165) is 16.7 Å². The molecular weight excluding hydrogens is 276 g/mol. The van der Waals surface area contributed by atoms with Crippen molar-refractivity contribution in [3.05, 3.63) is 57.6 Å². The van der Waals surface area contributed by atoms with Crippen LogP contribution in [0.4, 0.5) is 0 Å². The van der Waals surface area contributed by atoms with E-state index in [1.165, 1.54) is 0 Å². The SMILES string of the molecule is Cc1ccc(C)c(C(O)c2cc(Cl)c3c(c2)OCO3)c1. The Balaban J connectivity index is 2.04. The van der Waals surface area contributed by atoms with Crippen LogP contribution in [0.15, 0.2) is 30.3 Å². The van der Waals surface area contributed by atoms with Gasteiger partial charge in [-0.05, 0) is 42.7 Å². The van der Waals surface area contributed by atoms with E-state index in [2.05, 4.69) is 0 Å². The van der Waals surface area contributed by atoms with E-state index in [4.69, 9.17) is 21.1 Å². The molecular formula is C16H15ClO3. The lowest BCUT2D eigenvalue weighted by molar-refractivity contribution is 0.173. The summed E-state index contributed by atoms with van der Waals surface area (Å²) in [7, 11) is 0. The van der Waals surface area contributed by atoms with E-state index < -0.39 is 6.10 Å². The minimum atomic E-state index is -0.734. The number of halogens is 1. The third-order valence-electron chi connectivity index (χ3n) is 3.49. The van der Waals surface area contributed by atoms with E-state index in [0.29, 0.717) is 22.1 Å². The monoisotopic (exact) mass is 290 g/mol. The van der Waals surface area contributed by atoms with Gasteiger partial charge in [0.25, 0.3) is 0 Å². The second-order valence-electron chi connectivity index (χ2n) is 5.00. The molecule has 0 spiro atoms. The minimum Gasteiger partial charge on any atom is -0.454 e. The van der Waals surface area contributed by atoms with Crippen LogP contribution in [0.25, 0.3) is 0 Å². The number of aliphatic hydroxyl groups is 1. The molecule has 0 aromatic heterocycles. The van der Waals surface area contributed by atoms with Gasteiger partial charge < -0.3 is 14.6 Å². The first-order chi connectivity index (χ1) is 9.56. The highest BCUT2D eigenvalue weighted by Crippen LogP contribution is 2.42. The number of ether oxygens (including phenoxy) is 2. The Bertz CT molecular complexity index is 667. The summed E-state index contributed by atoms with van der Waals surface area (Å²) in [6, 6.07) is 9.52. The normalized spacial score (nSPS) is 14.4. The van der Waals surface area contributed by atoms with Crippen molar-refractivity contribution in [2.75, 3.05) is 6.79 Å². The van der Waals surface area contributed by atoms with Gasteiger partial charge in [-0.3, -0.25) is 0 Å². The van der Waals surface area contributed by atoms with Crippen molar-refractivity contribution in [3.8, 4) is 11.5 Å². The molecule has 1 unspecified atom stereocenters. The highest BCUT2D eigenvalue weighted by Gasteiger charge is 2.22. The Morgan fingerprint density at radius 2 is 1.95 bits per heavy atom. The van der Waals surface area contributed by atoms with Crippen molar-refractivity contribution in [2.24, 2.45) is 0 Å². The average molecular weight is 291 g/mol. The number of benzene rings is 2. The molecule has 0 saturated heterocycles. The Kier molecular flexibility index (Phi) is 3.32. The van der Waals surface area contributed by atoms with E-state index in [-0.39, 0.29) is 6.79 Å². The Hall–Kier alpha value is -1.71. The maximum Gasteiger partial charge on any atom is 0.231 e. The van der Waals surface area contributed by atoms with Crippen molar-refractivity contribution in [2.45, 2.75) is 20.0 Å². The molecule has 4 heteroatoms. The number of hydrogen-bond acceptors (Lipinski definition) is 3. The second-order valence-corrected chi connectivity index (χ2v) is 5.41. The predicted molar refractivity (Wildman–Crippen MR) is 77.6 cm³/mol. The van der Waals surface area contributed by atoms with Gasteiger partial charge in [-0.1, -0.05) is 35.4 Å². The van der Waals surface area contributed by atoms with Gasteiger partial charge in [-0.25, -0.2) is 0 Å². The lowest BCUT2D eigenvalue weighted by Gasteiger charge is -2.16. The number of fused-ring (bicyclic) bond motifs is 1. The standard InChI is InChI=1S/C16H15ClO3/c1-9-3-4-10(2)12(5-9)15(18)11-6-13(17)16-14(7-11)19-8-20-16/h3-7,15,18H,8H2,1-2H3. The number of rotatable bonds is 2. The van der Waals surface area contributed by atoms with Crippen molar-refractivity contribution in [1.82, 2.24) is 0 Å². The van der Waals surface area contributed by atoms with Crippen LogP contribution in [0.5, 0.6) is 11.5 Å². The largest absolute Gasteiger partial charge is 0.454 e. The zero-order valence-corrected chi connectivity index (χ0v) is 12.1. The third kappa shape index (κ3) is 2.23. The molecule has 0 fully saturated rings. The van der Waals surface area contributed by atoms with Crippen molar-refractivity contribution in [1.29, 1.82) is 0 Å². The smallest absolute Gasteiger partial charge is 0.231 e. The van der Waals surface area contributed by atoms with E-state index >= 15 is 0 Å². The Morgan fingerprint density at radius 1 is 1.15 bits per heavy atom. The van der Waals surface area contributed by atoms with E-state index in [1.54, 1.807) is 12.1 Å². The molecule has 1 aliphatic heterocycles. The van der Waals surface area contributed by atoms with Crippen LogP contribution in [0.1, 0.15) is 28.4 Å². The Labute approximate surface area is 122 Å². The number of aliphatic hydroxyl groups excluding tert-OH is 1. The first-order valence-corrected chi connectivity index (χ1v) is 6.78. The molecule has 0 saturated carbocycles. The van der Waals surface area contributed by atoms with Gasteiger partial charge in [0, 0.05) is 0 Å². The van der Waals surface area contributed by atoms with E-state index in [1.807, 2.05) is 32.0 Å². The van der Waals surface area contributed by atoms with Gasteiger partial charge in [0.05, 0.1) is 5.02 Å². The fraction of sp³-hybridized carbons (Fsp3) is 0.250. The highest BCUT2D eigenvalue weighted by atomic mass is 35.5. The molecule has 0 bridgehead atoms.